The van der Waals surface area contributed by atoms with E-state index >= 15 is 0 Å². The maximum atomic E-state index is 6.68. The van der Waals surface area contributed by atoms with Crippen molar-refractivity contribution in [3.63, 3.8) is 0 Å². The summed E-state index contributed by atoms with van der Waals surface area (Å²) in [5.41, 5.74) is 12.4. The van der Waals surface area contributed by atoms with Gasteiger partial charge in [-0.3, -0.25) is 0 Å². The van der Waals surface area contributed by atoms with Gasteiger partial charge in [0.1, 0.15) is 23.2 Å². The molecule has 1 atom stereocenters. The third kappa shape index (κ3) is 5.15. The Kier molecular flexibility index (Phi) is 6.98. The number of nitrogens with one attached hydrogen (secondary N) is 1. The number of allylic oxidation sites excluding steroid dienone is 1. The predicted molar refractivity (Wildman–Crippen MR) is 210 cm³/mol. The number of aryl methyl sites for hydroxylation is 1. The molecule has 51 heavy (non-hydrogen) atoms. The molecule has 0 amide bonds. The van der Waals surface area contributed by atoms with Gasteiger partial charge in [-0.15, -0.1) is 0 Å². The maximum absolute atomic E-state index is 6.68. The van der Waals surface area contributed by atoms with Crippen LogP contribution in [0.3, 0.4) is 0 Å². The zero-order valence-corrected chi connectivity index (χ0v) is 27.9. The fraction of sp³-hybridized carbons (Fsp3) is 0.0638. The molecule has 0 saturated heterocycles. The molecular formula is C47H33N3O. The second-order valence-electron chi connectivity index (χ2n) is 13.3. The van der Waals surface area contributed by atoms with Gasteiger partial charge in [-0.2, -0.15) is 0 Å². The number of hydrogen-bond acceptors (Lipinski definition) is 4. The van der Waals surface area contributed by atoms with E-state index in [1.165, 1.54) is 38.8 Å². The van der Waals surface area contributed by atoms with Crippen LogP contribution in [0.15, 0.2) is 178 Å². The van der Waals surface area contributed by atoms with E-state index in [1.807, 2.05) is 6.07 Å². The van der Waals surface area contributed by atoms with Gasteiger partial charge in [-0.05, 0) is 75.4 Å². The molecule has 0 saturated carbocycles. The Labute approximate surface area is 296 Å². The molecule has 7 aromatic carbocycles. The minimum absolute atomic E-state index is 0.287. The molecule has 0 radical (unpaired) electrons. The third-order valence-corrected chi connectivity index (χ3v) is 10.2. The lowest BCUT2D eigenvalue weighted by atomic mass is 9.87. The van der Waals surface area contributed by atoms with Gasteiger partial charge in [-0.1, -0.05) is 146 Å². The van der Waals surface area contributed by atoms with Gasteiger partial charge in [0.25, 0.3) is 0 Å². The van der Waals surface area contributed by atoms with E-state index in [4.69, 9.17) is 14.4 Å². The van der Waals surface area contributed by atoms with Crippen LogP contribution in [0.5, 0.6) is 0 Å². The minimum atomic E-state index is -0.287. The van der Waals surface area contributed by atoms with Crippen molar-refractivity contribution >= 4 is 50.0 Å². The molecular weight excluding hydrogens is 623 g/mol. The van der Waals surface area contributed by atoms with Crippen LogP contribution < -0.4 is 5.32 Å². The maximum Gasteiger partial charge on any atom is 0.159 e. The van der Waals surface area contributed by atoms with Crippen molar-refractivity contribution in [2.24, 2.45) is 9.98 Å². The van der Waals surface area contributed by atoms with Crippen LogP contribution in [0.1, 0.15) is 46.0 Å². The fourth-order valence-electron chi connectivity index (χ4n) is 7.69. The van der Waals surface area contributed by atoms with Crippen LogP contribution in [0.2, 0.25) is 0 Å². The minimum Gasteiger partial charge on any atom is -0.455 e. The molecule has 1 aliphatic heterocycles. The first-order chi connectivity index (χ1) is 25.3. The topological polar surface area (TPSA) is 49.9 Å². The zero-order chi connectivity index (χ0) is 33.7. The number of aliphatic imine (C=N–C) groups is 2. The summed E-state index contributed by atoms with van der Waals surface area (Å²) in [6, 6.07) is 55.6. The second kappa shape index (κ2) is 12.1. The molecule has 10 rings (SSSR count). The molecule has 242 valence electrons. The first kappa shape index (κ1) is 29.4. The standard InChI is InChI=1S/C47H33N3O/c1-3-12-31(13-4-1)41-29-42-39-27-26-35(28-43(39)51-44(42)40-20-10-9-19-38(40)41)47-49-45(33-15-5-2-6-16-33)48-46(50-47)34-24-22-32(23-25-34)37-21-11-17-30-14-7-8-18-36(30)37/h1-10,12-16,18-29,45H,11,17H2,(H,48,49,50). The lowest BCUT2D eigenvalue weighted by Gasteiger charge is -2.24. The van der Waals surface area contributed by atoms with Crippen LogP contribution in [0.25, 0.3) is 49.4 Å². The molecule has 1 aliphatic carbocycles. The van der Waals surface area contributed by atoms with Crippen molar-refractivity contribution in [2.45, 2.75) is 19.0 Å². The van der Waals surface area contributed by atoms with Crippen LogP contribution in [-0.4, -0.2) is 11.7 Å². The van der Waals surface area contributed by atoms with E-state index in [9.17, 15) is 0 Å². The molecule has 2 heterocycles. The Morgan fingerprint density at radius 3 is 2.10 bits per heavy atom. The highest BCUT2D eigenvalue weighted by molar-refractivity contribution is 6.20. The quantitative estimate of drug-likeness (QED) is 0.201. The van der Waals surface area contributed by atoms with Crippen molar-refractivity contribution in [1.82, 2.24) is 5.32 Å². The lowest BCUT2D eigenvalue weighted by Crippen LogP contribution is -2.33. The smallest absolute Gasteiger partial charge is 0.159 e. The van der Waals surface area contributed by atoms with Gasteiger partial charge < -0.3 is 9.73 Å². The number of rotatable bonds is 5. The monoisotopic (exact) mass is 655 g/mol. The van der Waals surface area contributed by atoms with Crippen molar-refractivity contribution in [3.8, 4) is 11.1 Å². The average molecular weight is 656 g/mol. The Hall–Kier alpha value is -6.52. The van der Waals surface area contributed by atoms with Gasteiger partial charge in [-0.25, -0.2) is 9.98 Å². The molecule has 0 fully saturated rings. The number of benzene rings is 7. The molecule has 1 aromatic heterocycles. The molecule has 0 bridgehead atoms. The molecule has 4 nitrogen and oxygen atoms in total. The largest absolute Gasteiger partial charge is 0.455 e. The zero-order valence-electron chi connectivity index (χ0n) is 27.9. The number of nitrogens with zero attached hydrogens (tertiary/aromatic N) is 2. The Balaban J connectivity index is 1.07. The first-order valence-corrected chi connectivity index (χ1v) is 17.6. The van der Waals surface area contributed by atoms with Crippen LogP contribution in [0.4, 0.5) is 0 Å². The van der Waals surface area contributed by atoms with E-state index in [1.54, 1.807) is 0 Å². The summed E-state index contributed by atoms with van der Waals surface area (Å²) in [6.45, 7) is 0. The van der Waals surface area contributed by atoms with E-state index in [0.29, 0.717) is 5.84 Å². The Bertz CT molecular complexity index is 2700. The SMILES string of the molecule is C1=C(c2ccc(C3=NC(c4ccc5c(c4)oc4c6ccccc6c(-c6ccccc6)cc54)=NC(c4ccccc4)N3)cc2)c2ccccc2CC1. The second-order valence-corrected chi connectivity index (χ2v) is 13.3. The summed E-state index contributed by atoms with van der Waals surface area (Å²) >= 11 is 0. The molecule has 2 aliphatic rings. The van der Waals surface area contributed by atoms with E-state index in [2.05, 4.69) is 163 Å². The Morgan fingerprint density at radius 2 is 1.25 bits per heavy atom. The van der Waals surface area contributed by atoms with Crippen molar-refractivity contribution in [2.75, 3.05) is 0 Å². The number of hydrogen-bond donors (Lipinski definition) is 1. The van der Waals surface area contributed by atoms with Crippen LogP contribution >= 0.6 is 0 Å². The molecule has 8 aromatic rings. The van der Waals surface area contributed by atoms with Crippen molar-refractivity contribution in [1.29, 1.82) is 0 Å². The highest BCUT2D eigenvalue weighted by Gasteiger charge is 2.23. The lowest BCUT2D eigenvalue weighted by molar-refractivity contribution is 0.670. The number of furan rings is 1. The average Bonchev–Trinajstić information content (AvgIpc) is 3.59. The summed E-state index contributed by atoms with van der Waals surface area (Å²) < 4.78 is 6.68. The fourth-order valence-corrected chi connectivity index (χ4v) is 7.69. The summed E-state index contributed by atoms with van der Waals surface area (Å²) in [7, 11) is 0. The third-order valence-electron chi connectivity index (χ3n) is 10.2. The van der Waals surface area contributed by atoms with Crippen molar-refractivity contribution < 1.29 is 4.42 Å². The summed E-state index contributed by atoms with van der Waals surface area (Å²) in [5.74, 6) is 1.46. The number of amidine groups is 2. The van der Waals surface area contributed by atoms with Crippen LogP contribution in [-0.2, 0) is 6.42 Å². The van der Waals surface area contributed by atoms with E-state index in [-0.39, 0.29) is 6.17 Å². The normalized spacial score (nSPS) is 15.6. The summed E-state index contributed by atoms with van der Waals surface area (Å²) in [6.07, 6.45) is 4.22. The highest BCUT2D eigenvalue weighted by Crippen LogP contribution is 2.40. The van der Waals surface area contributed by atoms with Crippen LogP contribution in [0, 0.1) is 0 Å². The van der Waals surface area contributed by atoms with E-state index in [0.717, 1.165) is 62.7 Å². The van der Waals surface area contributed by atoms with Gasteiger partial charge in [0, 0.05) is 27.3 Å². The molecule has 4 heteroatoms. The summed E-state index contributed by atoms with van der Waals surface area (Å²) in [5, 5.41) is 8.08. The van der Waals surface area contributed by atoms with Crippen molar-refractivity contribution in [3.05, 3.63) is 197 Å². The van der Waals surface area contributed by atoms with Gasteiger partial charge in [0.15, 0.2) is 5.84 Å². The molecule has 1 N–H and O–H groups in total. The van der Waals surface area contributed by atoms with Gasteiger partial charge in [0.2, 0.25) is 0 Å². The number of fused-ring (bicyclic) bond motifs is 6. The molecule has 0 spiro atoms. The molecule has 1 unspecified atom stereocenters. The van der Waals surface area contributed by atoms with Gasteiger partial charge >= 0.3 is 0 Å². The Morgan fingerprint density at radius 1 is 0.549 bits per heavy atom. The van der Waals surface area contributed by atoms with E-state index < -0.39 is 0 Å². The van der Waals surface area contributed by atoms with Gasteiger partial charge in [0.05, 0.1) is 0 Å². The predicted octanol–water partition coefficient (Wildman–Crippen LogP) is 11.3. The highest BCUT2D eigenvalue weighted by atomic mass is 16.3. The summed E-state index contributed by atoms with van der Waals surface area (Å²) in [4.78, 5) is 10.3. The first-order valence-electron chi connectivity index (χ1n) is 17.6.